The SMILES string of the molecule is CCCCc1ccc(C2=C3C(=O)NC(c4ccccc4)=C3C(=O)N2)cc1. The van der Waals surface area contributed by atoms with Crippen molar-refractivity contribution >= 4 is 23.2 Å². The molecule has 26 heavy (non-hydrogen) atoms. The number of hydrogen-bond donors (Lipinski definition) is 2. The number of fused-ring (bicyclic) bond motifs is 1. The van der Waals surface area contributed by atoms with Gasteiger partial charge in [-0.3, -0.25) is 9.59 Å². The predicted octanol–water partition coefficient (Wildman–Crippen LogP) is 3.41. The standard InChI is InChI=1S/C22H20N2O2/c1-2-3-7-14-10-12-16(13-11-14)20-18-17(21(25)24-20)19(23-22(18)26)15-8-5-4-6-9-15/h4-6,8-13H,2-3,7H2,1H3,(H,23,26)(H,24,25). The van der Waals surface area contributed by atoms with Crippen molar-refractivity contribution in [2.45, 2.75) is 26.2 Å². The Labute approximate surface area is 152 Å². The summed E-state index contributed by atoms with van der Waals surface area (Å²) in [4.78, 5) is 25.1. The molecule has 2 N–H and O–H groups in total. The molecule has 0 bridgehead atoms. The Kier molecular flexibility index (Phi) is 4.17. The quantitative estimate of drug-likeness (QED) is 0.873. The molecule has 0 unspecified atom stereocenters. The molecule has 2 aliphatic rings. The lowest BCUT2D eigenvalue weighted by Gasteiger charge is -2.08. The Bertz CT molecular complexity index is 938. The smallest absolute Gasteiger partial charge is 0.258 e. The molecule has 0 aliphatic carbocycles. The van der Waals surface area contributed by atoms with Crippen LogP contribution in [0.4, 0.5) is 0 Å². The number of unbranched alkanes of at least 4 members (excludes halogenated alkanes) is 1. The van der Waals surface area contributed by atoms with E-state index in [0.29, 0.717) is 22.5 Å². The highest BCUT2D eigenvalue weighted by Crippen LogP contribution is 2.37. The molecular formula is C22H20N2O2. The van der Waals surface area contributed by atoms with E-state index in [0.717, 1.165) is 30.4 Å². The summed E-state index contributed by atoms with van der Waals surface area (Å²) in [5.74, 6) is -0.468. The highest BCUT2D eigenvalue weighted by atomic mass is 16.2. The minimum Gasteiger partial charge on any atom is -0.321 e. The molecule has 0 saturated carbocycles. The van der Waals surface area contributed by atoms with Gasteiger partial charge < -0.3 is 10.6 Å². The van der Waals surface area contributed by atoms with Crippen molar-refractivity contribution < 1.29 is 9.59 Å². The zero-order chi connectivity index (χ0) is 18.1. The third kappa shape index (κ3) is 2.73. The van der Waals surface area contributed by atoms with Crippen molar-refractivity contribution in [3.63, 3.8) is 0 Å². The third-order valence-corrected chi connectivity index (χ3v) is 4.81. The van der Waals surface area contributed by atoms with E-state index in [1.54, 1.807) is 0 Å². The molecular weight excluding hydrogens is 324 g/mol. The van der Waals surface area contributed by atoms with Crippen molar-refractivity contribution in [1.29, 1.82) is 0 Å². The van der Waals surface area contributed by atoms with Crippen LogP contribution in [-0.4, -0.2) is 11.8 Å². The monoisotopic (exact) mass is 344 g/mol. The topological polar surface area (TPSA) is 58.2 Å². The molecule has 2 aliphatic heterocycles. The van der Waals surface area contributed by atoms with E-state index >= 15 is 0 Å². The Morgan fingerprint density at radius 3 is 1.81 bits per heavy atom. The fraction of sp³-hybridized carbons (Fsp3) is 0.182. The van der Waals surface area contributed by atoms with E-state index in [1.807, 2.05) is 42.5 Å². The second kappa shape index (κ2) is 6.64. The van der Waals surface area contributed by atoms with Crippen LogP contribution in [0.2, 0.25) is 0 Å². The molecule has 130 valence electrons. The van der Waals surface area contributed by atoms with Gasteiger partial charge in [0.25, 0.3) is 11.8 Å². The van der Waals surface area contributed by atoms with E-state index in [9.17, 15) is 9.59 Å². The zero-order valence-electron chi connectivity index (χ0n) is 14.6. The Morgan fingerprint density at radius 2 is 1.27 bits per heavy atom. The second-order valence-corrected chi connectivity index (χ2v) is 6.57. The molecule has 2 aromatic rings. The predicted molar refractivity (Wildman–Crippen MR) is 102 cm³/mol. The lowest BCUT2D eigenvalue weighted by Crippen LogP contribution is -2.21. The van der Waals surface area contributed by atoms with Crippen LogP contribution in [0.25, 0.3) is 11.4 Å². The number of hydrogen-bond acceptors (Lipinski definition) is 2. The first kappa shape index (κ1) is 16.3. The fourth-order valence-corrected chi connectivity index (χ4v) is 3.44. The number of carbonyl (C=O) groups is 2. The summed E-state index contributed by atoms with van der Waals surface area (Å²) in [5, 5.41) is 5.75. The maximum Gasteiger partial charge on any atom is 0.258 e. The summed E-state index contributed by atoms with van der Waals surface area (Å²) in [6.07, 6.45) is 3.35. The van der Waals surface area contributed by atoms with Gasteiger partial charge in [-0.2, -0.15) is 0 Å². The summed E-state index contributed by atoms with van der Waals surface area (Å²) in [7, 11) is 0. The molecule has 2 amide bonds. The average molecular weight is 344 g/mol. The van der Waals surface area contributed by atoms with Gasteiger partial charge in [-0.25, -0.2) is 0 Å². The molecule has 0 saturated heterocycles. The minimum absolute atomic E-state index is 0.234. The van der Waals surface area contributed by atoms with Gasteiger partial charge in [0.1, 0.15) is 0 Å². The van der Waals surface area contributed by atoms with Crippen LogP contribution in [0.15, 0.2) is 65.7 Å². The molecule has 0 radical (unpaired) electrons. The van der Waals surface area contributed by atoms with E-state index < -0.39 is 0 Å². The Balaban J connectivity index is 1.75. The zero-order valence-corrected chi connectivity index (χ0v) is 14.6. The van der Waals surface area contributed by atoms with Crippen LogP contribution in [0.3, 0.4) is 0 Å². The average Bonchev–Trinajstić information content (AvgIpc) is 3.20. The van der Waals surface area contributed by atoms with Gasteiger partial charge in [0, 0.05) is 0 Å². The highest BCUT2D eigenvalue weighted by molar-refractivity contribution is 6.30. The first-order valence-corrected chi connectivity index (χ1v) is 8.95. The molecule has 2 heterocycles. The van der Waals surface area contributed by atoms with Crippen molar-refractivity contribution in [2.75, 3.05) is 0 Å². The second-order valence-electron chi connectivity index (χ2n) is 6.57. The number of aryl methyl sites for hydroxylation is 1. The number of nitrogens with one attached hydrogen (secondary N) is 2. The molecule has 0 atom stereocenters. The van der Waals surface area contributed by atoms with Crippen molar-refractivity contribution in [3.8, 4) is 0 Å². The van der Waals surface area contributed by atoms with E-state index in [2.05, 4.69) is 29.7 Å². The van der Waals surface area contributed by atoms with Gasteiger partial charge in [-0.15, -0.1) is 0 Å². The van der Waals surface area contributed by atoms with Crippen molar-refractivity contribution in [1.82, 2.24) is 10.6 Å². The summed E-state index contributed by atoms with van der Waals surface area (Å²) in [6.45, 7) is 2.17. The van der Waals surface area contributed by atoms with Gasteiger partial charge in [-0.1, -0.05) is 67.9 Å². The fourth-order valence-electron chi connectivity index (χ4n) is 3.44. The van der Waals surface area contributed by atoms with Crippen molar-refractivity contribution in [3.05, 3.63) is 82.4 Å². The third-order valence-electron chi connectivity index (χ3n) is 4.81. The summed E-state index contributed by atoms with van der Waals surface area (Å²) in [6, 6.07) is 17.5. The summed E-state index contributed by atoms with van der Waals surface area (Å²) in [5.41, 5.74) is 5.00. The number of rotatable bonds is 5. The number of carbonyl (C=O) groups excluding carboxylic acids is 2. The van der Waals surface area contributed by atoms with Crippen LogP contribution >= 0.6 is 0 Å². The van der Waals surface area contributed by atoms with Gasteiger partial charge in [0.05, 0.1) is 22.5 Å². The molecule has 4 rings (SSSR count). The van der Waals surface area contributed by atoms with Gasteiger partial charge in [0.15, 0.2) is 0 Å². The molecule has 4 nitrogen and oxygen atoms in total. The van der Waals surface area contributed by atoms with E-state index in [1.165, 1.54) is 5.56 Å². The van der Waals surface area contributed by atoms with Gasteiger partial charge in [0.2, 0.25) is 0 Å². The van der Waals surface area contributed by atoms with E-state index in [4.69, 9.17) is 0 Å². The largest absolute Gasteiger partial charge is 0.321 e. The lowest BCUT2D eigenvalue weighted by atomic mass is 10.0. The Hall–Kier alpha value is -3.14. The molecule has 2 aromatic carbocycles. The maximum atomic E-state index is 12.6. The normalized spacial score (nSPS) is 16.0. The van der Waals surface area contributed by atoms with Gasteiger partial charge in [-0.05, 0) is 29.5 Å². The molecule has 0 aromatic heterocycles. The van der Waals surface area contributed by atoms with E-state index in [-0.39, 0.29) is 11.8 Å². The van der Waals surface area contributed by atoms with Crippen LogP contribution < -0.4 is 10.6 Å². The lowest BCUT2D eigenvalue weighted by molar-refractivity contribution is -0.117. The summed E-state index contributed by atoms with van der Waals surface area (Å²) >= 11 is 0. The molecule has 0 fully saturated rings. The van der Waals surface area contributed by atoms with Crippen LogP contribution in [0, 0.1) is 0 Å². The maximum absolute atomic E-state index is 12.6. The highest BCUT2D eigenvalue weighted by Gasteiger charge is 2.40. The number of amides is 2. The Morgan fingerprint density at radius 1 is 0.731 bits per heavy atom. The van der Waals surface area contributed by atoms with Crippen LogP contribution in [0.5, 0.6) is 0 Å². The first-order valence-electron chi connectivity index (χ1n) is 8.95. The number of benzene rings is 2. The minimum atomic E-state index is -0.234. The van der Waals surface area contributed by atoms with Crippen molar-refractivity contribution in [2.24, 2.45) is 0 Å². The molecule has 0 spiro atoms. The summed E-state index contributed by atoms with van der Waals surface area (Å²) < 4.78 is 0. The van der Waals surface area contributed by atoms with Crippen LogP contribution in [-0.2, 0) is 16.0 Å². The van der Waals surface area contributed by atoms with Gasteiger partial charge >= 0.3 is 0 Å². The first-order chi connectivity index (χ1) is 12.7. The van der Waals surface area contributed by atoms with Crippen LogP contribution in [0.1, 0.15) is 36.5 Å². The molecule has 4 heteroatoms.